The van der Waals surface area contributed by atoms with E-state index in [0.29, 0.717) is 12.8 Å². The lowest BCUT2D eigenvalue weighted by Crippen LogP contribution is -1.99. The Morgan fingerprint density at radius 1 is 1.36 bits per heavy atom. The summed E-state index contributed by atoms with van der Waals surface area (Å²) in [5, 5.41) is 9.25. The molecule has 1 aliphatic carbocycles. The molecule has 0 radical (unpaired) electrons. The highest BCUT2D eigenvalue weighted by atomic mass is 16.3. The minimum Gasteiger partial charge on any atom is -0.508 e. The number of phenolic OH excluding ortho intramolecular Hbond substituents is 1. The monoisotopic (exact) mass is 188 g/mol. The molecule has 0 heterocycles. The predicted molar refractivity (Wildman–Crippen MR) is 54.1 cm³/mol. The van der Waals surface area contributed by atoms with Crippen LogP contribution in [0.3, 0.4) is 0 Å². The molecule has 1 aliphatic rings. The topological polar surface area (TPSA) is 37.3 Å². The molecule has 1 aromatic rings. The Morgan fingerprint density at radius 3 is 2.86 bits per heavy atom. The van der Waals surface area contributed by atoms with Gasteiger partial charge in [-0.1, -0.05) is 18.2 Å². The van der Waals surface area contributed by atoms with Gasteiger partial charge in [-0.25, -0.2) is 0 Å². The minimum atomic E-state index is 0.244. The van der Waals surface area contributed by atoms with Gasteiger partial charge in [-0.3, -0.25) is 4.79 Å². The summed E-state index contributed by atoms with van der Waals surface area (Å²) in [4.78, 5) is 11.3. The van der Waals surface area contributed by atoms with Gasteiger partial charge in [0.2, 0.25) is 0 Å². The molecule has 0 unspecified atom stereocenters. The van der Waals surface area contributed by atoms with Gasteiger partial charge in [0.15, 0.2) is 5.78 Å². The van der Waals surface area contributed by atoms with Crippen LogP contribution in [0.15, 0.2) is 35.9 Å². The van der Waals surface area contributed by atoms with Gasteiger partial charge in [-0.2, -0.15) is 0 Å². The van der Waals surface area contributed by atoms with Gasteiger partial charge in [0.1, 0.15) is 5.75 Å². The zero-order chi connectivity index (χ0) is 9.97. The van der Waals surface area contributed by atoms with Crippen molar-refractivity contribution in [2.45, 2.75) is 19.3 Å². The molecule has 0 aliphatic heterocycles. The van der Waals surface area contributed by atoms with E-state index in [1.165, 1.54) is 0 Å². The van der Waals surface area contributed by atoms with E-state index in [4.69, 9.17) is 0 Å². The fraction of sp³-hybridized carbons (Fsp3) is 0.250. The first-order valence-electron chi connectivity index (χ1n) is 4.76. The lowest BCUT2D eigenvalue weighted by Gasteiger charge is -2.01. The van der Waals surface area contributed by atoms with Crippen molar-refractivity contribution in [3.05, 3.63) is 41.5 Å². The number of Topliss-reactive ketones (excluding diaryl/α,β-unsaturated/α-hetero) is 1. The standard InChI is InChI=1S/C12H12O2/c13-11-5-1-3-9(8-11)7-10-4-2-6-12(10)14/h1,3-5,8,13H,2,6-7H2. The molecule has 0 saturated heterocycles. The van der Waals surface area contributed by atoms with Gasteiger partial charge in [0, 0.05) is 12.8 Å². The molecule has 1 aromatic carbocycles. The molecule has 2 rings (SSSR count). The third kappa shape index (κ3) is 1.84. The van der Waals surface area contributed by atoms with E-state index < -0.39 is 0 Å². The molecule has 14 heavy (non-hydrogen) atoms. The molecule has 0 atom stereocenters. The zero-order valence-corrected chi connectivity index (χ0v) is 7.86. The molecule has 0 aromatic heterocycles. The highest BCUT2D eigenvalue weighted by Gasteiger charge is 2.14. The normalized spacial score (nSPS) is 15.7. The van der Waals surface area contributed by atoms with Crippen LogP contribution in [0.4, 0.5) is 0 Å². The molecule has 1 N–H and O–H groups in total. The fourth-order valence-corrected chi connectivity index (χ4v) is 1.71. The van der Waals surface area contributed by atoms with Crippen molar-refractivity contribution in [3.8, 4) is 5.75 Å². The van der Waals surface area contributed by atoms with Gasteiger partial charge >= 0.3 is 0 Å². The van der Waals surface area contributed by atoms with Gasteiger partial charge in [-0.15, -0.1) is 0 Å². The van der Waals surface area contributed by atoms with Gasteiger partial charge in [0.25, 0.3) is 0 Å². The number of rotatable bonds is 2. The van der Waals surface area contributed by atoms with Gasteiger partial charge in [-0.05, 0) is 29.7 Å². The van der Waals surface area contributed by atoms with Crippen molar-refractivity contribution in [3.63, 3.8) is 0 Å². The Kier molecular flexibility index (Phi) is 2.35. The molecular weight excluding hydrogens is 176 g/mol. The third-order valence-electron chi connectivity index (χ3n) is 2.43. The number of hydrogen-bond acceptors (Lipinski definition) is 2. The van der Waals surface area contributed by atoms with Crippen molar-refractivity contribution in [1.29, 1.82) is 0 Å². The highest BCUT2D eigenvalue weighted by Crippen LogP contribution is 2.20. The predicted octanol–water partition coefficient (Wildman–Crippen LogP) is 2.22. The Hall–Kier alpha value is -1.57. The number of phenols is 1. The van der Waals surface area contributed by atoms with Crippen LogP contribution in [0, 0.1) is 0 Å². The summed E-state index contributed by atoms with van der Waals surface area (Å²) in [6.45, 7) is 0. The number of ketones is 1. The Labute approximate surface area is 82.9 Å². The average Bonchev–Trinajstić information content (AvgIpc) is 2.52. The summed E-state index contributed by atoms with van der Waals surface area (Å²) < 4.78 is 0. The molecule has 0 fully saturated rings. The van der Waals surface area contributed by atoms with Crippen molar-refractivity contribution < 1.29 is 9.90 Å². The molecule has 72 valence electrons. The van der Waals surface area contributed by atoms with E-state index in [9.17, 15) is 9.90 Å². The van der Waals surface area contributed by atoms with Crippen LogP contribution >= 0.6 is 0 Å². The summed E-state index contributed by atoms with van der Waals surface area (Å²) in [7, 11) is 0. The minimum absolute atomic E-state index is 0.244. The van der Waals surface area contributed by atoms with E-state index >= 15 is 0 Å². The van der Waals surface area contributed by atoms with Crippen LogP contribution in [0.2, 0.25) is 0 Å². The maximum Gasteiger partial charge on any atom is 0.159 e. The molecular formula is C12H12O2. The first kappa shape index (κ1) is 9.00. The summed E-state index contributed by atoms with van der Waals surface area (Å²) >= 11 is 0. The van der Waals surface area contributed by atoms with Crippen LogP contribution in [0.5, 0.6) is 5.75 Å². The third-order valence-corrected chi connectivity index (χ3v) is 2.43. The maximum atomic E-state index is 11.3. The lowest BCUT2D eigenvalue weighted by atomic mass is 10.0. The molecule has 0 saturated carbocycles. The first-order chi connectivity index (χ1) is 6.75. The van der Waals surface area contributed by atoms with Crippen molar-refractivity contribution >= 4 is 5.78 Å². The number of allylic oxidation sites excluding steroid dienone is 2. The van der Waals surface area contributed by atoms with E-state index in [1.807, 2.05) is 12.1 Å². The van der Waals surface area contributed by atoms with E-state index in [1.54, 1.807) is 18.2 Å². The Balaban J connectivity index is 2.15. The lowest BCUT2D eigenvalue weighted by molar-refractivity contribution is -0.115. The quantitative estimate of drug-likeness (QED) is 0.772. The first-order valence-corrected chi connectivity index (χ1v) is 4.76. The molecule has 0 amide bonds. The largest absolute Gasteiger partial charge is 0.508 e. The smallest absolute Gasteiger partial charge is 0.159 e. The van der Waals surface area contributed by atoms with E-state index in [-0.39, 0.29) is 11.5 Å². The van der Waals surface area contributed by atoms with Gasteiger partial charge < -0.3 is 5.11 Å². The zero-order valence-electron chi connectivity index (χ0n) is 7.86. The van der Waals surface area contributed by atoms with Crippen LogP contribution < -0.4 is 0 Å². The summed E-state index contributed by atoms with van der Waals surface area (Å²) in [6.07, 6.45) is 4.15. The number of hydrogen-bond donors (Lipinski definition) is 1. The van der Waals surface area contributed by atoms with E-state index in [2.05, 4.69) is 0 Å². The van der Waals surface area contributed by atoms with Crippen molar-refractivity contribution in [1.82, 2.24) is 0 Å². The Bertz CT molecular complexity index is 391. The van der Waals surface area contributed by atoms with Crippen molar-refractivity contribution in [2.24, 2.45) is 0 Å². The maximum absolute atomic E-state index is 11.3. The fourth-order valence-electron chi connectivity index (χ4n) is 1.71. The van der Waals surface area contributed by atoms with E-state index in [0.717, 1.165) is 17.6 Å². The van der Waals surface area contributed by atoms with Crippen LogP contribution in [0.25, 0.3) is 0 Å². The summed E-state index contributed by atoms with van der Waals surface area (Å²) in [5.74, 6) is 0.502. The second-order valence-corrected chi connectivity index (χ2v) is 3.54. The van der Waals surface area contributed by atoms with Crippen LogP contribution in [-0.2, 0) is 11.2 Å². The number of benzene rings is 1. The van der Waals surface area contributed by atoms with Crippen LogP contribution in [0.1, 0.15) is 18.4 Å². The molecule has 2 nitrogen and oxygen atoms in total. The SMILES string of the molecule is O=C1CCC=C1Cc1cccc(O)c1. The molecule has 2 heteroatoms. The van der Waals surface area contributed by atoms with Crippen molar-refractivity contribution in [2.75, 3.05) is 0 Å². The second kappa shape index (κ2) is 3.66. The average molecular weight is 188 g/mol. The summed E-state index contributed by atoms with van der Waals surface area (Å²) in [5.41, 5.74) is 1.88. The van der Waals surface area contributed by atoms with Gasteiger partial charge in [0.05, 0.1) is 0 Å². The molecule has 0 bridgehead atoms. The number of carbonyl (C=O) groups excluding carboxylic acids is 1. The second-order valence-electron chi connectivity index (χ2n) is 3.54. The number of aromatic hydroxyl groups is 1. The number of carbonyl (C=O) groups is 1. The molecule has 0 spiro atoms. The highest BCUT2D eigenvalue weighted by molar-refractivity contribution is 5.97. The van der Waals surface area contributed by atoms with Crippen LogP contribution in [-0.4, -0.2) is 10.9 Å². The summed E-state index contributed by atoms with van der Waals surface area (Å²) in [6, 6.07) is 7.05. The Morgan fingerprint density at radius 2 is 2.21 bits per heavy atom.